The Morgan fingerprint density at radius 1 is 0.760 bits per heavy atom. The van der Waals surface area contributed by atoms with E-state index in [2.05, 4.69) is 22.7 Å². The third-order valence-corrected chi connectivity index (χ3v) is 4.92. The minimum Gasteiger partial charge on any atom is -0.302 e. The molecular formula is C21H16Cl2N2. The first-order chi connectivity index (χ1) is 12.2. The average molecular weight is 367 g/mol. The molecule has 0 saturated carbocycles. The fourth-order valence-corrected chi connectivity index (χ4v) is 3.37. The van der Waals surface area contributed by atoms with Gasteiger partial charge >= 0.3 is 0 Å². The van der Waals surface area contributed by atoms with Gasteiger partial charge in [-0.2, -0.15) is 5.10 Å². The van der Waals surface area contributed by atoms with Crippen LogP contribution < -0.4 is 5.43 Å². The Morgan fingerprint density at radius 3 is 2.04 bits per heavy atom. The molecule has 0 bridgehead atoms. The largest absolute Gasteiger partial charge is 0.302 e. The van der Waals surface area contributed by atoms with Gasteiger partial charge in [-0.25, -0.2) is 0 Å². The van der Waals surface area contributed by atoms with E-state index >= 15 is 0 Å². The van der Waals surface area contributed by atoms with E-state index in [0.717, 1.165) is 38.9 Å². The highest BCUT2D eigenvalue weighted by atomic mass is 35.5. The molecule has 2 nitrogen and oxygen atoms in total. The van der Waals surface area contributed by atoms with E-state index in [0.29, 0.717) is 0 Å². The zero-order valence-corrected chi connectivity index (χ0v) is 14.9. The third kappa shape index (κ3) is 3.41. The van der Waals surface area contributed by atoms with E-state index < -0.39 is 0 Å². The first-order valence-corrected chi connectivity index (χ1v) is 8.89. The molecule has 0 fully saturated rings. The van der Waals surface area contributed by atoms with Crippen molar-refractivity contribution in [1.29, 1.82) is 0 Å². The summed E-state index contributed by atoms with van der Waals surface area (Å²) in [7, 11) is 0. The SMILES string of the molecule is Clc1ccc(-c2ccccc2C2=NNC(c3ccc(Cl)cc3)C2)cc1. The quantitative estimate of drug-likeness (QED) is 0.594. The molecule has 0 aromatic heterocycles. The van der Waals surface area contributed by atoms with E-state index in [1.54, 1.807) is 0 Å². The molecule has 3 aromatic rings. The van der Waals surface area contributed by atoms with Gasteiger partial charge < -0.3 is 5.43 Å². The van der Waals surface area contributed by atoms with Gasteiger partial charge in [-0.15, -0.1) is 0 Å². The Kier molecular flexibility index (Phi) is 4.48. The lowest BCUT2D eigenvalue weighted by Gasteiger charge is -2.12. The summed E-state index contributed by atoms with van der Waals surface area (Å²) in [5.41, 5.74) is 8.95. The molecular weight excluding hydrogens is 351 g/mol. The van der Waals surface area contributed by atoms with Crippen molar-refractivity contribution in [2.24, 2.45) is 5.10 Å². The number of hydrazone groups is 1. The van der Waals surface area contributed by atoms with E-state index in [1.807, 2.05) is 60.7 Å². The predicted molar refractivity (Wildman–Crippen MR) is 105 cm³/mol. The first-order valence-electron chi connectivity index (χ1n) is 8.13. The van der Waals surface area contributed by atoms with E-state index in [4.69, 9.17) is 23.2 Å². The van der Waals surface area contributed by atoms with Crippen molar-refractivity contribution >= 4 is 28.9 Å². The van der Waals surface area contributed by atoms with Gasteiger partial charge in [0.1, 0.15) is 0 Å². The molecule has 1 N–H and O–H groups in total. The Hall–Kier alpha value is -2.29. The minimum absolute atomic E-state index is 0.172. The maximum Gasteiger partial charge on any atom is 0.0745 e. The molecule has 1 heterocycles. The van der Waals surface area contributed by atoms with Crippen LogP contribution in [0, 0.1) is 0 Å². The number of nitrogens with zero attached hydrogens (tertiary/aromatic N) is 1. The molecule has 0 amide bonds. The van der Waals surface area contributed by atoms with Gasteiger partial charge in [0, 0.05) is 22.0 Å². The smallest absolute Gasteiger partial charge is 0.0745 e. The topological polar surface area (TPSA) is 24.4 Å². The summed E-state index contributed by atoms with van der Waals surface area (Å²) in [6.45, 7) is 0. The number of benzene rings is 3. The molecule has 0 spiro atoms. The van der Waals surface area contributed by atoms with Crippen molar-refractivity contribution in [3.8, 4) is 11.1 Å². The molecule has 1 unspecified atom stereocenters. The fraction of sp³-hybridized carbons (Fsp3) is 0.0952. The molecule has 1 aliphatic rings. The van der Waals surface area contributed by atoms with Crippen molar-refractivity contribution in [3.05, 3.63) is 94.0 Å². The fourth-order valence-electron chi connectivity index (χ4n) is 3.11. The number of nitrogens with one attached hydrogen (secondary N) is 1. The van der Waals surface area contributed by atoms with Gasteiger partial charge in [-0.1, -0.05) is 71.7 Å². The summed E-state index contributed by atoms with van der Waals surface area (Å²) < 4.78 is 0. The Labute approximate surface area is 157 Å². The summed E-state index contributed by atoms with van der Waals surface area (Å²) in [4.78, 5) is 0. The lowest BCUT2D eigenvalue weighted by Crippen LogP contribution is -2.09. The van der Waals surface area contributed by atoms with Gasteiger partial charge in [-0.3, -0.25) is 0 Å². The van der Waals surface area contributed by atoms with Gasteiger partial charge in [-0.05, 0) is 41.0 Å². The van der Waals surface area contributed by atoms with Crippen LogP contribution in [0.3, 0.4) is 0 Å². The lowest BCUT2D eigenvalue weighted by molar-refractivity contribution is 0.620. The van der Waals surface area contributed by atoms with Crippen LogP contribution in [0.4, 0.5) is 0 Å². The van der Waals surface area contributed by atoms with Crippen LogP contribution in [0.2, 0.25) is 10.0 Å². The standard InChI is InChI=1S/C21H16Cl2N2/c22-16-9-5-14(6-10-16)18-3-1-2-4-19(18)21-13-20(24-25-21)15-7-11-17(23)12-8-15/h1-12,20,24H,13H2. The Morgan fingerprint density at radius 2 is 1.36 bits per heavy atom. The minimum atomic E-state index is 0.172. The van der Waals surface area contributed by atoms with Crippen molar-refractivity contribution in [2.45, 2.75) is 12.5 Å². The second kappa shape index (κ2) is 6.91. The van der Waals surface area contributed by atoms with Gasteiger partial charge in [0.05, 0.1) is 11.8 Å². The van der Waals surface area contributed by atoms with Gasteiger partial charge in [0.25, 0.3) is 0 Å². The summed E-state index contributed by atoms with van der Waals surface area (Å²) in [6.07, 6.45) is 0.840. The second-order valence-electron chi connectivity index (χ2n) is 6.05. The van der Waals surface area contributed by atoms with Crippen LogP contribution in [0.15, 0.2) is 77.9 Å². The second-order valence-corrected chi connectivity index (χ2v) is 6.92. The maximum absolute atomic E-state index is 6.02. The number of halogens is 2. The lowest BCUT2D eigenvalue weighted by atomic mass is 9.93. The molecule has 0 saturated heterocycles. The van der Waals surface area contributed by atoms with Crippen LogP contribution in [-0.4, -0.2) is 5.71 Å². The van der Waals surface area contributed by atoms with Gasteiger partial charge in [0.15, 0.2) is 0 Å². The molecule has 3 aromatic carbocycles. The van der Waals surface area contributed by atoms with Crippen LogP contribution in [0.25, 0.3) is 11.1 Å². The van der Waals surface area contributed by atoms with Crippen molar-refractivity contribution in [3.63, 3.8) is 0 Å². The summed E-state index contributed by atoms with van der Waals surface area (Å²) in [5, 5.41) is 6.08. The molecule has 4 heteroatoms. The van der Waals surface area contributed by atoms with Crippen molar-refractivity contribution in [2.75, 3.05) is 0 Å². The number of hydrogen-bond acceptors (Lipinski definition) is 2. The van der Waals surface area contributed by atoms with E-state index in [-0.39, 0.29) is 6.04 Å². The highest BCUT2D eigenvalue weighted by Gasteiger charge is 2.23. The Bertz CT molecular complexity index is 915. The maximum atomic E-state index is 6.02. The van der Waals surface area contributed by atoms with Gasteiger partial charge in [0.2, 0.25) is 0 Å². The summed E-state index contributed by atoms with van der Waals surface area (Å²) in [6, 6.07) is 24.3. The predicted octanol–water partition coefficient (Wildman–Crippen LogP) is 6.10. The van der Waals surface area contributed by atoms with Crippen LogP contribution in [0.5, 0.6) is 0 Å². The average Bonchev–Trinajstić information content (AvgIpc) is 3.13. The number of rotatable bonds is 3. The van der Waals surface area contributed by atoms with Crippen LogP contribution in [0.1, 0.15) is 23.6 Å². The first kappa shape index (κ1) is 16.2. The summed E-state index contributed by atoms with van der Waals surface area (Å²) in [5.74, 6) is 0. The van der Waals surface area contributed by atoms with E-state index in [9.17, 15) is 0 Å². The molecule has 1 atom stereocenters. The summed E-state index contributed by atoms with van der Waals surface area (Å²) >= 11 is 12.0. The molecule has 25 heavy (non-hydrogen) atoms. The van der Waals surface area contributed by atoms with Crippen LogP contribution >= 0.6 is 23.2 Å². The van der Waals surface area contributed by atoms with Crippen molar-refractivity contribution in [1.82, 2.24) is 5.43 Å². The van der Waals surface area contributed by atoms with Crippen LogP contribution in [-0.2, 0) is 0 Å². The molecule has 124 valence electrons. The third-order valence-electron chi connectivity index (χ3n) is 4.42. The highest BCUT2D eigenvalue weighted by Crippen LogP contribution is 2.31. The molecule has 0 radical (unpaired) electrons. The van der Waals surface area contributed by atoms with Crippen molar-refractivity contribution < 1.29 is 0 Å². The zero-order valence-electron chi connectivity index (χ0n) is 13.4. The molecule has 4 rings (SSSR count). The highest BCUT2D eigenvalue weighted by molar-refractivity contribution is 6.30. The monoisotopic (exact) mass is 366 g/mol. The Balaban J connectivity index is 1.63. The molecule has 0 aliphatic carbocycles. The normalized spacial score (nSPS) is 16.4. The zero-order chi connectivity index (χ0) is 17.2. The van der Waals surface area contributed by atoms with E-state index in [1.165, 1.54) is 5.56 Å². The number of hydrogen-bond donors (Lipinski definition) is 1. The molecule has 1 aliphatic heterocycles.